The Morgan fingerprint density at radius 1 is 1.50 bits per heavy atom. The first-order valence-electron chi connectivity index (χ1n) is 6.31. The Bertz CT molecular complexity index is 692. The van der Waals surface area contributed by atoms with Crippen LogP contribution in [0.4, 0.5) is 10.1 Å². The Morgan fingerprint density at radius 2 is 2.30 bits per heavy atom. The number of anilines is 1. The summed E-state index contributed by atoms with van der Waals surface area (Å²) in [5, 5.41) is 10.0. The summed E-state index contributed by atoms with van der Waals surface area (Å²) in [6.07, 6.45) is 3.05. The minimum Gasteiger partial charge on any atom is -0.480 e. The second-order valence-corrected chi connectivity index (χ2v) is 5.66. The van der Waals surface area contributed by atoms with E-state index in [4.69, 9.17) is 0 Å². The first-order valence-corrected chi connectivity index (χ1v) is 7.10. The van der Waals surface area contributed by atoms with Crippen molar-refractivity contribution in [2.24, 2.45) is 0 Å². The van der Waals surface area contributed by atoms with Gasteiger partial charge in [-0.3, -0.25) is 4.98 Å². The molecule has 1 N–H and O–H groups in total. The van der Waals surface area contributed by atoms with Gasteiger partial charge in [0.25, 0.3) is 0 Å². The van der Waals surface area contributed by atoms with Gasteiger partial charge in [0, 0.05) is 29.9 Å². The minimum absolute atomic E-state index is 0.352. The van der Waals surface area contributed by atoms with E-state index in [-0.39, 0.29) is 5.82 Å². The van der Waals surface area contributed by atoms with E-state index in [9.17, 15) is 14.3 Å². The number of aliphatic carboxylic acids is 1. The number of fused-ring (bicyclic) bond motifs is 1. The third-order valence-electron chi connectivity index (χ3n) is 3.61. The summed E-state index contributed by atoms with van der Waals surface area (Å²) in [5.41, 5.74) is 1.32. The van der Waals surface area contributed by atoms with Gasteiger partial charge >= 0.3 is 5.97 Å². The van der Waals surface area contributed by atoms with Gasteiger partial charge in [0.2, 0.25) is 0 Å². The zero-order chi connectivity index (χ0) is 14.3. The van der Waals surface area contributed by atoms with Crippen LogP contribution in [-0.2, 0) is 4.79 Å². The van der Waals surface area contributed by atoms with E-state index in [0.29, 0.717) is 23.0 Å². The maximum atomic E-state index is 13.6. The monoisotopic (exact) mass is 338 g/mol. The first-order chi connectivity index (χ1) is 9.58. The van der Waals surface area contributed by atoms with E-state index >= 15 is 0 Å². The molecule has 1 atom stereocenters. The average molecular weight is 339 g/mol. The van der Waals surface area contributed by atoms with Crippen LogP contribution in [0.2, 0.25) is 0 Å². The van der Waals surface area contributed by atoms with Gasteiger partial charge in [-0.2, -0.15) is 0 Å². The van der Waals surface area contributed by atoms with Crippen LogP contribution in [0, 0.1) is 5.82 Å². The third kappa shape index (κ3) is 2.14. The van der Waals surface area contributed by atoms with Crippen LogP contribution in [-0.4, -0.2) is 28.6 Å². The number of nitrogens with zero attached hydrogens (tertiary/aromatic N) is 2. The molecule has 1 saturated heterocycles. The van der Waals surface area contributed by atoms with E-state index < -0.39 is 12.0 Å². The number of carboxylic acid groups (broad SMARTS) is 1. The van der Waals surface area contributed by atoms with Crippen LogP contribution < -0.4 is 4.90 Å². The topological polar surface area (TPSA) is 53.4 Å². The molecule has 6 heteroatoms. The lowest BCUT2D eigenvalue weighted by Gasteiger charge is -2.25. The summed E-state index contributed by atoms with van der Waals surface area (Å²) in [7, 11) is 0. The molecule has 3 rings (SSSR count). The highest BCUT2D eigenvalue weighted by atomic mass is 79.9. The van der Waals surface area contributed by atoms with Crippen molar-refractivity contribution in [3.05, 3.63) is 34.7 Å². The quantitative estimate of drug-likeness (QED) is 0.913. The second kappa shape index (κ2) is 5.01. The lowest BCUT2D eigenvalue weighted by molar-refractivity contribution is -0.138. The van der Waals surface area contributed by atoms with Crippen molar-refractivity contribution in [2.45, 2.75) is 18.9 Å². The lowest BCUT2D eigenvalue weighted by atomic mass is 10.1. The maximum absolute atomic E-state index is 13.6. The molecule has 2 aromatic rings. The van der Waals surface area contributed by atoms with Crippen molar-refractivity contribution in [1.29, 1.82) is 0 Å². The van der Waals surface area contributed by atoms with Crippen molar-refractivity contribution >= 4 is 38.5 Å². The summed E-state index contributed by atoms with van der Waals surface area (Å²) in [5.74, 6) is -1.20. The molecule has 1 aliphatic rings. The molecule has 1 aliphatic heterocycles. The minimum atomic E-state index is -0.825. The summed E-state index contributed by atoms with van der Waals surface area (Å²) < 4.78 is 13.9. The largest absolute Gasteiger partial charge is 0.480 e. The molecule has 0 amide bonds. The summed E-state index contributed by atoms with van der Waals surface area (Å²) >= 11 is 3.17. The normalized spacial score (nSPS) is 18.7. The summed E-state index contributed by atoms with van der Waals surface area (Å²) in [6.45, 7) is 0.686. The number of halogens is 2. The molecule has 0 spiro atoms. The van der Waals surface area contributed by atoms with E-state index in [1.807, 2.05) is 4.90 Å². The maximum Gasteiger partial charge on any atom is 0.326 e. The van der Waals surface area contributed by atoms with E-state index in [0.717, 1.165) is 17.5 Å². The zero-order valence-corrected chi connectivity index (χ0v) is 12.1. The molecular formula is C14H12BrFN2O2. The molecule has 0 aliphatic carbocycles. The zero-order valence-electron chi connectivity index (χ0n) is 10.5. The fourth-order valence-electron chi connectivity index (χ4n) is 2.69. The lowest BCUT2D eigenvalue weighted by Crippen LogP contribution is -2.36. The molecule has 104 valence electrons. The Kier molecular flexibility index (Phi) is 3.33. The molecule has 1 fully saturated rings. The molecule has 0 unspecified atom stereocenters. The third-order valence-corrected chi connectivity index (χ3v) is 4.22. The molecule has 1 aromatic heterocycles. The smallest absolute Gasteiger partial charge is 0.326 e. The Morgan fingerprint density at radius 3 is 3.05 bits per heavy atom. The van der Waals surface area contributed by atoms with Gasteiger partial charge in [0.05, 0.1) is 9.99 Å². The van der Waals surface area contributed by atoms with Gasteiger partial charge in [-0.1, -0.05) is 0 Å². The van der Waals surface area contributed by atoms with E-state index in [2.05, 4.69) is 20.9 Å². The van der Waals surface area contributed by atoms with Gasteiger partial charge in [-0.15, -0.1) is 0 Å². The predicted molar refractivity (Wildman–Crippen MR) is 77.4 cm³/mol. The van der Waals surface area contributed by atoms with Crippen LogP contribution in [0.25, 0.3) is 10.9 Å². The van der Waals surface area contributed by atoms with Gasteiger partial charge in [0.15, 0.2) is 0 Å². The van der Waals surface area contributed by atoms with Crippen molar-refractivity contribution in [3.63, 3.8) is 0 Å². The highest BCUT2D eigenvalue weighted by Gasteiger charge is 2.31. The number of rotatable bonds is 2. The van der Waals surface area contributed by atoms with Crippen molar-refractivity contribution in [2.75, 3.05) is 11.4 Å². The number of carbonyl (C=O) groups is 1. The number of carboxylic acids is 1. The first kappa shape index (κ1) is 13.3. The number of pyridine rings is 1. The second-order valence-electron chi connectivity index (χ2n) is 4.80. The molecule has 20 heavy (non-hydrogen) atoms. The van der Waals surface area contributed by atoms with Crippen molar-refractivity contribution in [1.82, 2.24) is 4.98 Å². The molecule has 1 aromatic carbocycles. The van der Waals surface area contributed by atoms with Gasteiger partial charge in [-0.05, 0) is 40.9 Å². The fraction of sp³-hybridized carbons (Fsp3) is 0.286. The Hall–Kier alpha value is -1.69. The van der Waals surface area contributed by atoms with Crippen molar-refractivity contribution < 1.29 is 14.3 Å². The predicted octanol–water partition coefficient (Wildman–Crippen LogP) is 3.19. The highest BCUT2D eigenvalue weighted by Crippen LogP contribution is 2.33. The number of hydrogen-bond acceptors (Lipinski definition) is 3. The summed E-state index contributed by atoms with van der Waals surface area (Å²) in [4.78, 5) is 17.3. The van der Waals surface area contributed by atoms with E-state index in [1.54, 1.807) is 18.3 Å². The van der Waals surface area contributed by atoms with Crippen LogP contribution in [0.1, 0.15) is 12.8 Å². The SMILES string of the molecule is O=C(O)[C@@H]1CCCN1c1ccnc2cc(F)c(Br)cc12. The van der Waals surface area contributed by atoms with Crippen LogP contribution in [0.5, 0.6) is 0 Å². The van der Waals surface area contributed by atoms with Gasteiger partial charge < -0.3 is 10.0 Å². The van der Waals surface area contributed by atoms with Crippen LogP contribution >= 0.6 is 15.9 Å². The van der Waals surface area contributed by atoms with E-state index in [1.165, 1.54) is 6.07 Å². The molecule has 4 nitrogen and oxygen atoms in total. The number of aromatic nitrogens is 1. The van der Waals surface area contributed by atoms with Gasteiger partial charge in [-0.25, -0.2) is 9.18 Å². The highest BCUT2D eigenvalue weighted by molar-refractivity contribution is 9.10. The molecule has 0 saturated carbocycles. The molecule has 2 heterocycles. The average Bonchev–Trinajstić information content (AvgIpc) is 2.88. The Labute approximate surface area is 123 Å². The van der Waals surface area contributed by atoms with Crippen LogP contribution in [0.3, 0.4) is 0 Å². The summed E-state index contributed by atoms with van der Waals surface area (Å²) in [6, 6.07) is 4.27. The Balaban J connectivity index is 2.16. The number of benzene rings is 1. The molecule has 0 radical (unpaired) electrons. The van der Waals surface area contributed by atoms with Gasteiger partial charge in [0.1, 0.15) is 11.9 Å². The van der Waals surface area contributed by atoms with Crippen molar-refractivity contribution in [3.8, 4) is 0 Å². The standard InChI is InChI=1S/C14H12BrFN2O2/c15-9-6-8-11(7-10(9)16)17-4-3-12(8)18-5-1-2-13(18)14(19)20/h3-4,6-7,13H,1-2,5H2,(H,19,20)/t13-/m0/s1. The fourth-order valence-corrected chi connectivity index (χ4v) is 3.03. The molecular weight excluding hydrogens is 327 g/mol. The molecule has 0 bridgehead atoms. The number of hydrogen-bond donors (Lipinski definition) is 1. The van der Waals surface area contributed by atoms with Crippen LogP contribution in [0.15, 0.2) is 28.9 Å².